The van der Waals surface area contributed by atoms with Crippen LogP contribution < -0.4 is 5.32 Å². The maximum atomic E-state index is 10.7. The van der Waals surface area contributed by atoms with Gasteiger partial charge in [-0.05, 0) is 17.2 Å². The number of rotatable bonds is 6. The first-order valence-corrected chi connectivity index (χ1v) is 6.82. The van der Waals surface area contributed by atoms with Gasteiger partial charge in [-0.15, -0.1) is 0 Å². The third-order valence-corrected chi connectivity index (χ3v) is 3.45. The van der Waals surface area contributed by atoms with Gasteiger partial charge in [0.05, 0.1) is 11.0 Å². The number of nitro benzene ring substituents is 1. The summed E-state index contributed by atoms with van der Waals surface area (Å²) in [5.74, 6) is 0. The minimum Gasteiger partial charge on any atom is -0.387 e. The maximum Gasteiger partial charge on any atom is 0.269 e. The summed E-state index contributed by atoms with van der Waals surface area (Å²) >= 11 is 6.01. The van der Waals surface area contributed by atoms with Crippen LogP contribution in [0, 0.1) is 10.1 Å². The van der Waals surface area contributed by atoms with Crippen molar-refractivity contribution in [2.75, 3.05) is 6.54 Å². The molecule has 0 aliphatic heterocycles. The van der Waals surface area contributed by atoms with Crippen LogP contribution in [-0.2, 0) is 6.54 Å². The Labute approximate surface area is 127 Å². The maximum absolute atomic E-state index is 10.7. The van der Waals surface area contributed by atoms with Gasteiger partial charge >= 0.3 is 0 Å². The predicted molar refractivity (Wildman–Crippen MR) is 81.2 cm³/mol. The zero-order valence-corrected chi connectivity index (χ0v) is 12.0. The van der Waals surface area contributed by atoms with Gasteiger partial charge in [0.15, 0.2) is 0 Å². The van der Waals surface area contributed by atoms with E-state index < -0.39 is 11.0 Å². The Kier molecular flexibility index (Phi) is 5.27. The molecule has 0 aliphatic rings. The van der Waals surface area contributed by atoms with Crippen LogP contribution in [0.25, 0.3) is 0 Å². The molecule has 5 nitrogen and oxygen atoms in total. The number of benzene rings is 2. The van der Waals surface area contributed by atoms with Gasteiger partial charge in [-0.25, -0.2) is 0 Å². The van der Waals surface area contributed by atoms with Crippen LogP contribution in [-0.4, -0.2) is 16.6 Å². The fourth-order valence-electron chi connectivity index (χ4n) is 1.95. The lowest BCUT2D eigenvalue weighted by Gasteiger charge is -2.12. The number of halogens is 1. The molecule has 0 aromatic heterocycles. The molecule has 0 heterocycles. The number of nitrogens with zero attached hydrogens (tertiary/aromatic N) is 1. The summed E-state index contributed by atoms with van der Waals surface area (Å²) in [4.78, 5) is 10.3. The van der Waals surface area contributed by atoms with E-state index in [1.807, 2.05) is 30.3 Å². The van der Waals surface area contributed by atoms with E-state index in [-0.39, 0.29) is 5.69 Å². The second-order valence-electron chi connectivity index (χ2n) is 4.59. The van der Waals surface area contributed by atoms with Gasteiger partial charge < -0.3 is 10.4 Å². The van der Waals surface area contributed by atoms with E-state index in [4.69, 9.17) is 11.6 Å². The van der Waals surface area contributed by atoms with Crippen LogP contribution in [0.15, 0.2) is 48.5 Å². The van der Waals surface area contributed by atoms with Gasteiger partial charge in [-0.1, -0.05) is 41.9 Å². The van der Waals surface area contributed by atoms with E-state index in [1.165, 1.54) is 18.2 Å². The molecule has 21 heavy (non-hydrogen) atoms. The standard InChI is InChI=1S/C15H15ClN2O3/c16-14-7-6-13(18(20)21)8-12(14)9-17-10-15(19)11-4-2-1-3-5-11/h1-8,15,17,19H,9-10H2. The molecule has 1 atom stereocenters. The first kappa shape index (κ1) is 15.4. The normalized spacial score (nSPS) is 12.1. The fourth-order valence-corrected chi connectivity index (χ4v) is 2.13. The minimum atomic E-state index is -0.635. The molecule has 0 spiro atoms. The molecular formula is C15H15ClN2O3. The van der Waals surface area contributed by atoms with Crippen LogP contribution in [0.3, 0.4) is 0 Å². The highest BCUT2D eigenvalue weighted by Crippen LogP contribution is 2.22. The Morgan fingerprint density at radius 3 is 2.62 bits per heavy atom. The van der Waals surface area contributed by atoms with Gasteiger partial charge in [-0.2, -0.15) is 0 Å². The van der Waals surface area contributed by atoms with Crippen molar-refractivity contribution in [1.29, 1.82) is 0 Å². The van der Waals surface area contributed by atoms with Crippen molar-refractivity contribution in [3.05, 3.63) is 74.8 Å². The second-order valence-corrected chi connectivity index (χ2v) is 5.00. The highest BCUT2D eigenvalue weighted by atomic mass is 35.5. The summed E-state index contributed by atoms with van der Waals surface area (Å²) < 4.78 is 0. The quantitative estimate of drug-likeness (QED) is 0.635. The third-order valence-electron chi connectivity index (χ3n) is 3.08. The molecule has 110 valence electrons. The van der Waals surface area contributed by atoms with E-state index in [1.54, 1.807) is 0 Å². The fraction of sp³-hybridized carbons (Fsp3) is 0.200. The summed E-state index contributed by atoms with van der Waals surface area (Å²) in [5, 5.41) is 24.3. The van der Waals surface area contributed by atoms with Crippen LogP contribution in [0.5, 0.6) is 0 Å². The zero-order valence-electron chi connectivity index (χ0n) is 11.2. The van der Waals surface area contributed by atoms with Crippen molar-refractivity contribution in [3.8, 4) is 0 Å². The summed E-state index contributed by atoms with van der Waals surface area (Å²) in [6, 6.07) is 13.6. The molecule has 0 fully saturated rings. The first-order valence-electron chi connectivity index (χ1n) is 6.44. The Balaban J connectivity index is 1.94. The third kappa shape index (κ3) is 4.26. The molecule has 2 aromatic carbocycles. The monoisotopic (exact) mass is 306 g/mol. The van der Waals surface area contributed by atoms with Gasteiger partial charge in [0.2, 0.25) is 0 Å². The van der Waals surface area contributed by atoms with Gasteiger partial charge in [-0.3, -0.25) is 10.1 Å². The molecule has 0 radical (unpaired) electrons. The van der Waals surface area contributed by atoms with Crippen LogP contribution in [0.1, 0.15) is 17.2 Å². The molecule has 2 N–H and O–H groups in total. The molecule has 0 saturated heterocycles. The lowest BCUT2D eigenvalue weighted by Crippen LogP contribution is -2.21. The average Bonchev–Trinajstić information content (AvgIpc) is 2.49. The largest absolute Gasteiger partial charge is 0.387 e. The summed E-state index contributed by atoms with van der Waals surface area (Å²) in [6.07, 6.45) is -0.635. The van der Waals surface area contributed by atoms with Crippen molar-refractivity contribution in [2.24, 2.45) is 0 Å². The first-order chi connectivity index (χ1) is 10.1. The molecule has 0 bridgehead atoms. The highest BCUT2D eigenvalue weighted by molar-refractivity contribution is 6.31. The number of aliphatic hydroxyl groups excluding tert-OH is 1. The van der Waals surface area contributed by atoms with E-state index >= 15 is 0 Å². The topological polar surface area (TPSA) is 75.4 Å². The Bertz CT molecular complexity index is 620. The van der Waals surface area contributed by atoms with Gasteiger partial charge in [0.25, 0.3) is 5.69 Å². The van der Waals surface area contributed by atoms with Crippen molar-refractivity contribution < 1.29 is 10.0 Å². The van der Waals surface area contributed by atoms with Gasteiger partial charge in [0.1, 0.15) is 0 Å². The lowest BCUT2D eigenvalue weighted by molar-refractivity contribution is -0.384. The summed E-state index contributed by atoms with van der Waals surface area (Å²) in [7, 11) is 0. The van der Waals surface area contributed by atoms with Crippen molar-refractivity contribution in [1.82, 2.24) is 5.32 Å². The summed E-state index contributed by atoms with van der Waals surface area (Å²) in [6.45, 7) is 0.688. The molecule has 0 amide bonds. The van der Waals surface area contributed by atoms with Crippen molar-refractivity contribution in [2.45, 2.75) is 12.6 Å². The number of hydrogen-bond acceptors (Lipinski definition) is 4. The van der Waals surface area contributed by atoms with E-state index in [2.05, 4.69) is 5.32 Å². The smallest absolute Gasteiger partial charge is 0.269 e. The molecule has 2 rings (SSSR count). The van der Waals surface area contributed by atoms with Crippen LogP contribution in [0.2, 0.25) is 5.02 Å². The number of non-ortho nitro benzene ring substituents is 1. The molecule has 2 aromatic rings. The van der Waals surface area contributed by atoms with Crippen molar-refractivity contribution in [3.63, 3.8) is 0 Å². The minimum absolute atomic E-state index is 0.000178. The predicted octanol–water partition coefficient (Wildman–Crippen LogP) is 3.07. The molecule has 6 heteroatoms. The average molecular weight is 307 g/mol. The number of hydrogen-bond donors (Lipinski definition) is 2. The van der Waals surface area contributed by atoms with Gasteiger partial charge in [0, 0.05) is 30.2 Å². The Morgan fingerprint density at radius 2 is 1.95 bits per heavy atom. The SMILES string of the molecule is O=[N+]([O-])c1ccc(Cl)c(CNCC(O)c2ccccc2)c1. The van der Waals surface area contributed by atoms with E-state index in [0.717, 1.165) is 5.56 Å². The van der Waals surface area contributed by atoms with E-state index in [9.17, 15) is 15.2 Å². The summed E-state index contributed by atoms with van der Waals surface area (Å²) in [5.41, 5.74) is 1.45. The second kappa shape index (κ2) is 7.17. The van der Waals surface area contributed by atoms with Crippen LogP contribution >= 0.6 is 11.6 Å². The lowest BCUT2D eigenvalue weighted by atomic mass is 10.1. The Morgan fingerprint density at radius 1 is 1.24 bits per heavy atom. The van der Waals surface area contributed by atoms with Crippen LogP contribution in [0.4, 0.5) is 5.69 Å². The molecule has 1 unspecified atom stereocenters. The number of aliphatic hydroxyl groups is 1. The molecule has 0 aliphatic carbocycles. The highest BCUT2D eigenvalue weighted by Gasteiger charge is 2.11. The Hall–Kier alpha value is -1.95. The molecule has 0 saturated carbocycles. The number of nitro groups is 1. The zero-order chi connectivity index (χ0) is 15.2. The molecular weight excluding hydrogens is 292 g/mol. The number of nitrogens with one attached hydrogen (secondary N) is 1. The van der Waals surface area contributed by atoms with E-state index in [0.29, 0.717) is 23.7 Å². The van der Waals surface area contributed by atoms with Crippen molar-refractivity contribution >= 4 is 17.3 Å².